The smallest absolute Gasteiger partial charge is 0.243 e. The van der Waals surface area contributed by atoms with Crippen molar-refractivity contribution in [3.8, 4) is 0 Å². The molecule has 0 spiro atoms. The summed E-state index contributed by atoms with van der Waals surface area (Å²) in [5.41, 5.74) is 4.52. The van der Waals surface area contributed by atoms with Crippen molar-refractivity contribution in [2.75, 3.05) is 22.5 Å². The number of aryl methyl sites for hydroxylation is 2. The van der Waals surface area contributed by atoms with Gasteiger partial charge in [0.2, 0.25) is 11.8 Å². The first-order valence-corrected chi connectivity index (χ1v) is 8.93. The van der Waals surface area contributed by atoms with Gasteiger partial charge in [0.1, 0.15) is 0 Å². The van der Waals surface area contributed by atoms with E-state index in [-0.39, 0.29) is 24.3 Å². The molecule has 0 aliphatic heterocycles. The van der Waals surface area contributed by atoms with Crippen LogP contribution in [0.15, 0.2) is 42.5 Å². The van der Waals surface area contributed by atoms with E-state index in [2.05, 4.69) is 22.9 Å². The normalized spacial score (nSPS) is 10.5. The van der Waals surface area contributed by atoms with E-state index in [1.165, 1.54) is 5.56 Å². The Bertz CT molecular complexity index is 785. The number of carbonyl (C=O) groups excluding carboxylic acids is 2. The second-order valence-corrected chi connectivity index (χ2v) is 6.63. The fourth-order valence-electron chi connectivity index (χ4n) is 2.43. The number of amides is 2. The molecule has 0 heterocycles. The monoisotopic (exact) mass is 353 g/mol. The van der Waals surface area contributed by atoms with Gasteiger partial charge in [0, 0.05) is 23.0 Å². The number of rotatable bonds is 7. The summed E-state index contributed by atoms with van der Waals surface area (Å²) in [5, 5.41) is 8.91. The third-order valence-electron chi connectivity index (χ3n) is 4.09. The maximum Gasteiger partial charge on any atom is 0.243 e. The first-order chi connectivity index (χ1) is 12.4. The standard InChI is InChI=1S/C21H27N3O2/c1-5-16-7-6-8-17(11-16)23-20(25)13-22-19-12-18(10-9-15(19)4)24-21(26)14(2)3/h6-12,14,22H,5,13H2,1-4H3,(H,23,25)(H,24,26). The summed E-state index contributed by atoms with van der Waals surface area (Å²) < 4.78 is 0. The van der Waals surface area contributed by atoms with Gasteiger partial charge in [-0.3, -0.25) is 9.59 Å². The molecule has 0 atom stereocenters. The zero-order valence-electron chi connectivity index (χ0n) is 15.8. The highest BCUT2D eigenvalue weighted by molar-refractivity contribution is 5.95. The predicted octanol–water partition coefficient (Wildman–Crippen LogP) is 4.20. The van der Waals surface area contributed by atoms with Crippen LogP contribution in [0.5, 0.6) is 0 Å². The lowest BCUT2D eigenvalue weighted by Crippen LogP contribution is -2.22. The lowest BCUT2D eigenvalue weighted by Gasteiger charge is -2.13. The first-order valence-electron chi connectivity index (χ1n) is 8.93. The Morgan fingerprint density at radius 3 is 2.42 bits per heavy atom. The summed E-state index contributed by atoms with van der Waals surface area (Å²) in [4.78, 5) is 24.0. The SMILES string of the molecule is CCc1cccc(NC(=O)CNc2cc(NC(=O)C(C)C)ccc2C)c1. The number of anilines is 3. The van der Waals surface area contributed by atoms with Gasteiger partial charge in [0.25, 0.3) is 0 Å². The van der Waals surface area contributed by atoms with Crippen LogP contribution in [0.4, 0.5) is 17.1 Å². The number of benzene rings is 2. The van der Waals surface area contributed by atoms with E-state index in [9.17, 15) is 9.59 Å². The Balaban J connectivity index is 1.97. The average molecular weight is 353 g/mol. The van der Waals surface area contributed by atoms with Crippen molar-refractivity contribution in [1.29, 1.82) is 0 Å². The summed E-state index contributed by atoms with van der Waals surface area (Å²) in [7, 11) is 0. The van der Waals surface area contributed by atoms with Gasteiger partial charge in [-0.15, -0.1) is 0 Å². The molecular weight excluding hydrogens is 326 g/mol. The lowest BCUT2D eigenvalue weighted by molar-refractivity contribution is -0.119. The molecule has 5 nitrogen and oxygen atoms in total. The van der Waals surface area contributed by atoms with E-state index in [4.69, 9.17) is 0 Å². The molecule has 0 unspecified atom stereocenters. The molecule has 0 aliphatic carbocycles. The molecule has 0 radical (unpaired) electrons. The minimum Gasteiger partial charge on any atom is -0.376 e. The highest BCUT2D eigenvalue weighted by Gasteiger charge is 2.09. The van der Waals surface area contributed by atoms with Gasteiger partial charge in [0.05, 0.1) is 6.54 Å². The molecular formula is C21H27N3O2. The third kappa shape index (κ3) is 5.62. The van der Waals surface area contributed by atoms with Crippen LogP contribution in [0.2, 0.25) is 0 Å². The lowest BCUT2D eigenvalue weighted by atomic mass is 10.1. The molecule has 138 valence electrons. The van der Waals surface area contributed by atoms with Crippen molar-refractivity contribution >= 4 is 28.9 Å². The van der Waals surface area contributed by atoms with Crippen LogP contribution in [0, 0.1) is 12.8 Å². The van der Waals surface area contributed by atoms with Crippen molar-refractivity contribution in [2.45, 2.75) is 34.1 Å². The van der Waals surface area contributed by atoms with E-state index >= 15 is 0 Å². The van der Waals surface area contributed by atoms with Crippen LogP contribution in [0.25, 0.3) is 0 Å². The maximum absolute atomic E-state index is 12.2. The van der Waals surface area contributed by atoms with Crippen molar-refractivity contribution in [3.63, 3.8) is 0 Å². The minimum absolute atomic E-state index is 0.0339. The maximum atomic E-state index is 12.2. The number of carbonyl (C=O) groups is 2. The van der Waals surface area contributed by atoms with E-state index in [0.717, 1.165) is 23.4 Å². The number of nitrogens with one attached hydrogen (secondary N) is 3. The molecule has 26 heavy (non-hydrogen) atoms. The Kier molecular flexibility index (Phi) is 6.78. The number of hydrogen-bond donors (Lipinski definition) is 3. The molecule has 2 aromatic carbocycles. The van der Waals surface area contributed by atoms with Crippen molar-refractivity contribution < 1.29 is 9.59 Å². The number of hydrogen-bond acceptors (Lipinski definition) is 3. The largest absolute Gasteiger partial charge is 0.376 e. The highest BCUT2D eigenvalue weighted by Crippen LogP contribution is 2.21. The molecule has 0 bridgehead atoms. The van der Waals surface area contributed by atoms with Gasteiger partial charge in [-0.2, -0.15) is 0 Å². The zero-order valence-corrected chi connectivity index (χ0v) is 15.8. The topological polar surface area (TPSA) is 70.2 Å². The zero-order chi connectivity index (χ0) is 19.1. The summed E-state index contributed by atoms with van der Waals surface area (Å²) in [6.45, 7) is 7.88. The summed E-state index contributed by atoms with van der Waals surface area (Å²) >= 11 is 0. The highest BCUT2D eigenvalue weighted by atomic mass is 16.2. The van der Waals surface area contributed by atoms with Crippen LogP contribution in [0.1, 0.15) is 31.9 Å². The third-order valence-corrected chi connectivity index (χ3v) is 4.09. The van der Waals surface area contributed by atoms with Crippen molar-refractivity contribution in [1.82, 2.24) is 0 Å². The fraction of sp³-hybridized carbons (Fsp3) is 0.333. The Morgan fingerprint density at radius 2 is 1.73 bits per heavy atom. The van der Waals surface area contributed by atoms with Crippen LogP contribution < -0.4 is 16.0 Å². The Labute approximate surface area is 155 Å². The van der Waals surface area contributed by atoms with Gasteiger partial charge < -0.3 is 16.0 Å². The molecule has 0 aromatic heterocycles. The minimum atomic E-state index is -0.116. The van der Waals surface area contributed by atoms with E-state index in [1.807, 2.05) is 63.2 Å². The molecule has 0 saturated heterocycles. The van der Waals surface area contributed by atoms with Gasteiger partial charge in [-0.1, -0.05) is 39.0 Å². The predicted molar refractivity (Wildman–Crippen MR) is 108 cm³/mol. The van der Waals surface area contributed by atoms with Gasteiger partial charge >= 0.3 is 0 Å². The van der Waals surface area contributed by atoms with Crippen LogP contribution in [0.3, 0.4) is 0 Å². The molecule has 0 aliphatic rings. The van der Waals surface area contributed by atoms with Crippen molar-refractivity contribution in [2.24, 2.45) is 5.92 Å². The fourth-order valence-corrected chi connectivity index (χ4v) is 2.43. The Morgan fingerprint density at radius 1 is 1.00 bits per heavy atom. The summed E-state index contributed by atoms with van der Waals surface area (Å²) in [5.74, 6) is -0.236. The molecule has 5 heteroatoms. The van der Waals surface area contributed by atoms with Gasteiger partial charge in [-0.05, 0) is 48.7 Å². The Hall–Kier alpha value is -2.82. The van der Waals surface area contributed by atoms with E-state index in [1.54, 1.807) is 0 Å². The van der Waals surface area contributed by atoms with Crippen LogP contribution in [-0.2, 0) is 16.0 Å². The van der Waals surface area contributed by atoms with Gasteiger partial charge in [0.15, 0.2) is 0 Å². The van der Waals surface area contributed by atoms with E-state index < -0.39 is 0 Å². The first kappa shape index (κ1) is 19.5. The van der Waals surface area contributed by atoms with Crippen LogP contribution >= 0.6 is 0 Å². The quantitative estimate of drug-likeness (QED) is 0.698. The molecule has 0 saturated carbocycles. The molecule has 3 N–H and O–H groups in total. The molecule has 2 aromatic rings. The second-order valence-electron chi connectivity index (χ2n) is 6.63. The second kappa shape index (κ2) is 9.04. The van der Waals surface area contributed by atoms with Crippen molar-refractivity contribution in [3.05, 3.63) is 53.6 Å². The van der Waals surface area contributed by atoms with E-state index in [0.29, 0.717) is 5.69 Å². The van der Waals surface area contributed by atoms with Crippen LogP contribution in [-0.4, -0.2) is 18.4 Å². The van der Waals surface area contributed by atoms with Gasteiger partial charge in [-0.25, -0.2) is 0 Å². The molecule has 2 rings (SSSR count). The molecule has 0 fully saturated rings. The summed E-state index contributed by atoms with van der Waals surface area (Å²) in [6.07, 6.45) is 0.927. The average Bonchev–Trinajstić information content (AvgIpc) is 2.62. The summed E-state index contributed by atoms with van der Waals surface area (Å²) in [6, 6.07) is 13.5. The molecule has 2 amide bonds.